The van der Waals surface area contributed by atoms with Crippen LogP contribution in [-0.4, -0.2) is 132 Å². The predicted octanol–water partition coefficient (Wildman–Crippen LogP) is 9.51. The molecule has 6 rings (SSSR count). The van der Waals surface area contributed by atoms with Gasteiger partial charge >= 0.3 is 0 Å². The SMILES string of the molecule is C#CC1CC(F)(F)CN1C(C)(C)C.C#CC1CC(F)CN1C(C)(C)C.C#CC1CC2CC2N1C(C)(C)C.C#CC1CCCN1C(C)(C)C.C#CC1CSCN1C(C)(C)C. The van der Waals surface area contributed by atoms with Crippen LogP contribution in [0.2, 0.25) is 0 Å². The third-order valence-electron chi connectivity index (χ3n) is 11.9. The van der Waals surface area contributed by atoms with E-state index in [1.165, 1.54) is 32.2 Å². The fraction of sp³-hybridized carbons (Fsp3) is 0.800. The quantitative estimate of drug-likeness (QED) is 0.225. The van der Waals surface area contributed by atoms with Crippen LogP contribution in [0.3, 0.4) is 0 Å². The molecule has 0 aromatic rings. The van der Waals surface area contributed by atoms with Gasteiger partial charge in [0.2, 0.25) is 0 Å². The van der Waals surface area contributed by atoms with Crippen molar-refractivity contribution in [1.29, 1.82) is 0 Å². The summed E-state index contributed by atoms with van der Waals surface area (Å²) in [5.41, 5.74) is 0.426. The van der Waals surface area contributed by atoms with Crippen molar-refractivity contribution >= 4 is 11.8 Å². The van der Waals surface area contributed by atoms with Crippen molar-refractivity contribution in [3.05, 3.63) is 0 Å². The van der Waals surface area contributed by atoms with Crippen LogP contribution in [0.1, 0.15) is 142 Å². The number of halogens is 3. The zero-order chi connectivity index (χ0) is 45.5. The first kappa shape index (κ1) is 52.9. The summed E-state index contributed by atoms with van der Waals surface area (Å²) in [7, 11) is 0. The molecule has 0 radical (unpaired) electrons. The van der Waals surface area contributed by atoms with Gasteiger partial charge in [0.25, 0.3) is 5.92 Å². The highest BCUT2D eigenvalue weighted by molar-refractivity contribution is 7.99. The van der Waals surface area contributed by atoms with Crippen LogP contribution >= 0.6 is 11.8 Å². The van der Waals surface area contributed by atoms with Crippen molar-refractivity contribution in [1.82, 2.24) is 24.5 Å². The van der Waals surface area contributed by atoms with Crippen molar-refractivity contribution in [2.24, 2.45) is 5.92 Å². The van der Waals surface area contributed by atoms with Crippen LogP contribution in [-0.2, 0) is 0 Å². The molecule has 9 heteroatoms. The van der Waals surface area contributed by atoms with Crippen LogP contribution in [0.25, 0.3) is 0 Å². The number of nitrogens with zero attached hydrogens (tertiary/aromatic N) is 5. The van der Waals surface area contributed by atoms with Gasteiger partial charge in [0.15, 0.2) is 0 Å². The van der Waals surface area contributed by atoms with Crippen LogP contribution in [0.4, 0.5) is 13.2 Å². The largest absolute Gasteiger partial charge is 0.285 e. The Bertz CT molecular complexity index is 1500. The van der Waals surface area contributed by atoms with Gasteiger partial charge in [0, 0.05) is 64.8 Å². The summed E-state index contributed by atoms with van der Waals surface area (Å²) >= 11 is 1.93. The number of piperidine rings is 1. The minimum atomic E-state index is -2.62. The first-order valence-corrected chi connectivity index (χ1v) is 22.8. The van der Waals surface area contributed by atoms with Crippen molar-refractivity contribution in [2.75, 3.05) is 31.3 Å². The Kier molecular flexibility index (Phi) is 18.6. The predicted molar refractivity (Wildman–Crippen MR) is 248 cm³/mol. The minimum absolute atomic E-state index is 0.0139. The number of rotatable bonds is 0. The lowest BCUT2D eigenvalue weighted by Gasteiger charge is -2.36. The maximum atomic E-state index is 13.0. The number of terminal acetylenes is 5. The fourth-order valence-corrected chi connectivity index (χ4v) is 10.3. The molecule has 5 saturated heterocycles. The molecule has 0 bridgehead atoms. The highest BCUT2D eigenvalue weighted by atomic mass is 32.2. The molecule has 1 saturated carbocycles. The van der Waals surface area contributed by atoms with Gasteiger partial charge in [-0.2, -0.15) is 0 Å². The number of hydrogen-bond acceptors (Lipinski definition) is 6. The van der Waals surface area contributed by atoms with Gasteiger partial charge in [-0.15, -0.1) is 43.9 Å². The third-order valence-corrected chi connectivity index (χ3v) is 13.0. The molecule has 5 nitrogen and oxygen atoms in total. The van der Waals surface area contributed by atoms with E-state index in [1.54, 1.807) is 4.90 Å². The number of alkyl halides is 3. The van der Waals surface area contributed by atoms with E-state index in [-0.39, 0.29) is 46.7 Å². The zero-order valence-corrected chi connectivity index (χ0v) is 40.4. The van der Waals surface area contributed by atoms with Gasteiger partial charge < -0.3 is 0 Å². The summed E-state index contributed by atoms with van der Waals surface area (Å²) in [6.45, 7) is 33.4. The second-order valence-corrected chi connectivity index (χ2v) is 23.0. The summed E-state index contributed by atoms with van der Waals surface area (Å²) in [5, 5.41) is 0. The Morgan fingerprint density at radius 2 is 1.05 bits per heavy atom. The fourth-order valence-electron chi connectivity index (χ4n) is 8.91. The molecule has 5 heterocycles. The second-order valence-electron chi connectivity index (χ2n) is 22.0. The molecule has 6 aliphatic rings. The molecule has 8 unspecified atom stereocenters. The summed E-state index contributed by atoms with van der Waals surface area (Å²) in [6.07, 6.45) is 31.5. The van der Waals surface area contributed by atoms with Gasteiger partial charge in [0.05, 0.1) is 36.8 Å². The molecule has 6 fully saturated rings. The van der Waals surface area contributed by atoms with Crippen molar-refractivity contribution < 1.29 is 13.2 Å². The molecule has 0 spiro atoms. The summed E-state index contributed by atoms with van der Waals surface area (Å²) in [4.78, 5) is 11.0. The zero-order valence-electron chi connectivity index (χ0n) is 39.6. The number of thioether (sulfide) groups is 1. The Morgan fingerprint density at radius 3 is 1.41 bits per heavy atom. The topological polar surface area (TPSA) is 16.2 Å². The van der Waals surface area contributed by atoms with E-state index in [0.29, 0.717) is 31.1 Å². The Balaban J connectivity index is 0.000000255. The number of fused-ring (bicyclic) bond motifs is 1. The highest BCUT2D eigenvalue weighted by Gasteiger charge is 2.54. The monoisotopic (exact) mass is 840 g/mol. The average molecular weight is 840 g/mol. The molecule has 0 aromatic carbocycles. The smallest absolute Gasteiger partial charge is 0.263 e. The lowest BCUT2D eigenvalue weighted by molar-refractivity contribution is 0.00155. The molecular formula is C50H80F3N5S. The lowest BCUT2D eigenvalue weighted by atomic mass is 10.0. The standard InChI is InChI=1S/C11H17N.C10H15F2N.C10H16FN.C10H17N.C9H15NS/c1-5-9-6-8-7-10(8)12(9)11(2,3)4;1-5-8-6-10(11,12)7-13(8)9(2,3)4;1-5-9-6-8(11)7-12(9)10(2,3)4;1-5-9-7-6-8-11(9)10(2,3)4;1-5-8-6-11-7-10(8)9(2,3)4/h1,8-10H,6-7H2,2-4H3;1,8H,6-7H2,2-4H3;1,8-9H,6-7H2,2-4H3;1,9H,6-8H2,2-4H3;1,8H,6-7H2,2-4H3. The Morgan fingerprint density at radius 1 is 0.559 bits per heavy atom. The lowest BCUT2D eigenvalue weighted by Crippen LogP contribution is -2.46. The van der Waals surface area contributed by atoms with Crippen LogP contribution in [0.5, 0.6) is 0 Å². The molecule has 0 N–H and O–H groups in total. The third kappa shape index (κ3) is 15.6. The van der Waals surface area contributed by atoms with E-state index in [2.05, 4.69) is 132 Å². The summed E-state index contributed by atoms with van der Waals surface area (Å²) < 4.78 is 39.1. The van der Waals surface area contributed by atoms with Gasteiger partial charge in [-0.3, -0.25) is 24.5 Å². The normalized spacial score (nSPS) is 31.1. The maximum absolute atomic E-state index is 13.0. The van der Waals surface area contributed by atoms with E-state index in [0.717, 1.165) is 23.6 Å². The van der Waals surface area contributed by atoms with E-state index in [9.17, 15) is 13.2 Å². The van der Waals surface area contributed by atoms with Crippen LogP contribution in [0.15, 0.2) is 0 Å². The first-order valence-electron chi connectivity index (χ1n) is 21.6. The first-order chi connectivity index (χ1) is 26.9. The van der Waals surface area contributed by atoms with Gasteiger partial charge in [-0.1, -0.05) is 29.6 Å². The molecule has 5 aliphatic heterocycles. The maximum Gasteiger partial charge on any atom is 0.263 e. The van der Waals surface area contributed by atoms with Crippen molar-refractivity contribution in [3.63, 3.8) is 0 Å². The average Bonchev–Trinajstić information content (AvgIpc) is 3.71. The van der Waals surface area contributed by atoms with Crippen molar-refractivity contribution in [2.45, 2.75) is 218 Å². The van der Waals surface area contributed by atoms with Gasteiger partial charge in [-0.25, -0.2) is 13.2 Å². The van der Waals surface area contributed by atoms with E-state index in [1.807, 2.05) is 32.5 Å². The molecule has 0 amide bonds. The van der Waals surface area contributed by atoms with Crippen molar-refractivity contribution in [3.8, 4) is 61.7 Å². The summed E-state index contributed by atoms with van der Waals surface area (Å²) in [5.74, 6) is 14.1. The molecule has 332 valence electrons. The molecular weight excluding hydrogens is 760 g/mol. The van der Waals surface area contributed by atoms with E-state index < -0.39 is 18.1 Å². The highest BCUT2D eigenvalue weighted by Crippen LogP contribution is 2.50. The van der Waals surface area contributed by atoms with E-state index in [4.69, 9.17) is 32.1 Å². The minimum Gasteiger partial charge on any atom is -0.285 e. The molecule has 0 aromatic heterocycles. The Labute approximate surface area is 365 Å². The number of hydrogen-bond donors (Lipinski definition) is 0. The van der Waals surface area contributed by atoms with Crippen LogP contribution < -0.4 is 0 Å². The van der Waals surface area contributed by atoms with Gasteiger partial charge in [-0.05, 0) is 142 Å². The molecule has 8 atom stereocenters. The molecule has 59 heavy (non-hydrogen) atoms. The van der Waals surface area contributed by atoms with Crippen LogP contribution in [0, 0.1) is 67.6 Å². The number of likely N-dealkylation sites (tertiary alicyclic amines) is 4. The van der Waals surface area contributed by atoms with Gasteiger partial charge in [0.1, 0.15) is 6.17 Å². The Hall–Kier alpha value is -2.26. The second kappa shape index (κ2) is 20.7. The summed E-state index contributed by atoms with van der Waals surface area (Å²) in [6, 6.07) is 1.52. The molecule has 1 aliphatic carbocycles. The van der Waals surface area contributed by atoms with E-state index >= 15 is 0 Å².